The van der Waals surface area contributed by atoms with Gasteiger partial charge in [0.05, 0.1) is 16.1 Å². The van der Waals surface area contributed by atoms with Crippen LogP contribution in [0.2, 0.25) is 0 Å². The number of nitrogens with one attached hydrogen (secondary N) is 1. The zero-order chi connectivity index (χ0) is 20.4. The number of rotatable bonds is 5. The Labute approximate surface area is 164 Å². The maximum absolute atomic E-state index is 12.1. The third kappa shape index (κ3) is 3.77. The quantitative estimate of drug-likeness (QED) is 0.305. The van der Waals surface area contributed by atoms with Gasteiger partial charge in [-0.25, -0.2) is 4.79 Å². The van der Waals surface area contributed by atoms with E-state index in [4.69, 9.17) is 9.15 Å². The van der Waals surface area contributed by atoms with Gasteiger partial charge in [-0.15, -0.1) is 0 Å². The smallest absolute Gasteiger partial charge is 0.338 e. The molecule has 8 nitrogen and oxygen atoms in total. The van der Waals surface area contributed by atoms with E-state index < -0.39 is 10.9 Å². The number of carbonyl (C=O) groups excluding carboxylic acids is 2. The van der Waals surface area contributed by atoms with E-state index in [-0.39, 0.29) is 23.8 Å². The van der Waals surface area contributed by atoms with Gasteiger partial charge in [0.2, 0.25) is 0 Å². The lowest BCUT2D eigenvalue weighted by atomic mass is 10.1. The van der Waals surface area contributed by atoms with Crippen molar-refractivity contribution in [2.24, 2.45) is 0 Å². The van der Waals surface area contributed by atoms with Crippen molar-refractivity contribution in [3.63, 3.8) is 0 Å². The molecule has 0 bridgehead atoms. The van der Waals surface area contributed by atoms with Gasteiger partial charge in [-0.05, 0) is 36.4 Å². The van der Waals surface area contributed by atoms with Gasteiger partial charge in [0.1, 0.15) is 18.1 Å². The monoisotopic (exact) mass is 390 g/mol. The molecule has 0 unspecified atom stereocenters. The first-order chi connectivity index (χ1) is 14.0. The van der Waals surface area contributed by atoms with Gasteiger partial charge in [-0.1, -0.05) is 18.2 Å². The van der Waals surface area contributed by atoms with E-state index in [1.54, 1.807) is 18.2 Å². The minimum absolute atomic E-state index is 0.109. The van der Waals surface area contributed by atoms with E-state index in [0.29, 0.717) is 17.1 Å². The Balaban J connectivity index is 1.43. The number of hydrogen-bond acceptors (Lipinski definition) is 6. The molecule has 4 rings (SSSR count). The molecule has 1 aromatic heterocycles. The Morgan fingerprint density at radius 2 is 1.86 bits per heavy atom. The Morgan fingerprint density at radius 1 is 1.10 bits per heavy atom. The van der Waals surface area contributed by atoms with E-state index in [2.05, 4.69) is 5.32 Å². The Hall–Kier alpha value is -4.20. The van der Waals surface area contributed by atoms with Gasteiger partial charge in [-0.2, -0.15) is 0 Å². The second-order valence-electron chi connectivity index (χ2n) is 6.24. The number of para-hydroxylation sites is 1. The summed E-state index contributed by atoms with van der Waals surface area (Å²) >= 11 is 0. The first-order valence-electron chi connectivity index (χ1n) is 8.64. The van der Waals surface area contributed by atoms with Crippen molar-refractivity contribution in [3.8, 4) is 0 Å². The van der Waals surface area contributed by atoms with Crippen LogP contribution in [0.25, 0.3) is 11.6 Å². The third-order valence-corrected chi connectivity index (χ3v) is 4.34. The third-order valence-electron chi connectivity index (χ3n) is 4.34. The van der Waals surface area contributed by atoms with Crippen molar-refractivity contribution < 1.29 is 23.7 Å². The van der Waals surface area contributed by atoms with Gasteiger partial charge in [0, 0.05) is 23.4 Å². The molecule has 2 heterocycles. The van der Waals surface area contributed by atoms with Crippen molar-refractivity contribution in [1.29, 1.82) is 0 Å². The maximum Gasteiger partial charge on any atom is 0.338 e. The van der Waals surface area contributed by atoms with Crippen LogP contribution in [-0.4, -0.2) is 16.8 Å². The summed E-state index contributed by atoms with van der Waals surface area (Å²) in [5.41, 5.74) is 2.11. The van der Waals surface area contributed by atoms with Gasteiger partial charge >= 0.3 is 5.97 Å². The zero-order valence-electron chi connectivity index (χ0n) is 15.0. The highest BCUT2D eigenvalue weighted by atomic mass is 16.6. The topological polar surface area (TPSA) is 112 Å². The SMILES string of the molecule is O=C1Nc2ccccc2/C1=C/c1ccc(COC(=O)c2ccc([N+](=O)[O-])cc2)o1. The van der Waals surface area contributed by atoms with Crippen LogP contribution < -0.4 is 5.32 Å². The number of nitro groups is 1. The molecule has 0 saturated heterocycles. The number of benzene rings is 2. The number of hydrogen-bond donors (Lipinski definition) is 1. The highest BCUT2D eigenvalue weighted by molar-refractivity contribution is 6.34. The number of non-ortho nitro benzene ring substituents is 1. The molecule has 0 spiro atoms. The number of furan rings is 1. The fourth-order valence-electron chi connectivity index (χ4n) is 2.91. The molecule has 0 saturated carbocycles. The lowest BCUT2D eigenvalue weighted by molar-refractivity contribution is -0.384. The molecular weight excluding hydrogens is 376 g/mol. The average Bonchev–Trinajstić information content (AvgIpc) is 3.30. The molecule has 1 aliphatic rings. The standard InChI is InChI=1S/C21H14N2O6/c24-20-18(17-3-1-2-4-19(17)22-20)11-15-9-10-16(29-15)12-28-21(25)13-5-7-14(8-6-13)23(26)27/h1-11H,12H2,(H,22,24)/b18-11-. The van der Waals surface area contributed by atoms with Crippen LogP contribution in [-0.2, 0) is 16.1 Å². The Bertz CT molecular complexity index is 1140. The molecule has 3 aromatic rings. The summed E-state index contributed by atoms with van der Waals surface area (Å²) in [4.78, 5) is 34.3. The highest BCUT2D eigenvalue weighted by Gasteiger charge is 2.23. The predicted octanol–water partition coefficient (Wildman–Crippen LogP) is 4.04. The van der Waals surface area contributed by atoms with Crippen LogP contribution >= 0.6 is 0 Å². The number of carbonyl (C=O) groups is 2. The number of amides is 1. The average molecular weight is 390 g/mol. The van der Waals surface area contributed by atoms with Gasteiger partial charge in [0.25, 0.3) is 11.6 Å². The molecule has 0 fully saturated rings. The molecule has 2 aromatic carbocycles. The molecule has 1 amide bonds. The Morgan fingerprint density at radius 3 is 2.62 bits per heavy atom. The molecule has 0 atom stereocenters. The fraction of sp³-hybridized carbons (Fsp3) is 0.0476. The minimum atomic E-state index is -0.625. The van der Waals surface area contributed by atoms with Crippen molar-refractivity contribution in [1.82, 2.24) is 0 Å². The molecule has 1 aliphatic heterocycles. The van der Waals surface area contributed by atoms with E-state index >= 15 is 0 Å². The summed E-state index contributed by atoms with van der Waals surface area (Å²) in [6, 6.07) is 15.8. The number of fused-ring (bicyclic) bond motifs is 1. The molecular formula is C21H14N2O6. The lowest BCUT2D eigenvalue weighted by Gasteiger charge is -2.02. The summed E-state index contributed by atoms with van der Waals surface area (Å²) < 4.78 is 10.8. The number of esters is 1. The predicted molar refractivity (Wildman–Crippen MR) is 104 cm³/mol. The summed E-state index contributed by atoms with van der Waals surface area (Å²) in [5.74, 6) is 0.0149. The summed E-state index contributed by atoms with van der Waals surface area (Å²) in [7, 11) is 0. The van der Waals surface area contributed by atoms with Crippen molar-refractivity contribution in [2.45, 2.75) is 6.61 Å². The molecule has 0 radical (unpaired) electrons. The first kappa shape index (κ1) is 18.2. The van der Waals surface area contributed by atoms with E-state index in [1.807, 2.05) is 24.3 Å². The first-order valence-corrected chi connectivity index (χ1v) is 8.64. The van der Waals surface area contributed by atoms with Gasteiger partial charge in [0.15, 0.2) is 0 Å². The maximum atomic E-state index is 12.1. The van der Waals surface area contributed by atoms with E-state index in [0.717, 1.165) is 11.3 Å². The van der Waals surface area contributed by atoms with Crippen LogP contribution in [0.15, 0.2) is 65.1 Å². The minimum Gasteiger partial charge on any atom is -0.458 e. The fourth-order valence-corrected chi connectivity index (χ4v) is 2.91. The number of nitro benzene ring substituents is 1. The van der Waals surface area contributed by atoms with Crippen LogP contribution in [0.1, 0.15) is 27.4 Å². The van der Waals surface area contributed by atoms with Crippen LogP contribution in [0, 0.1) is 10.1 Å². The summed E-state index contributed by atoms with van der Waals surface area (Å²) in [6.07, 6.45) is 1.63. The zero-order valence-corrected chi connectivity index (χ0v) is 15.0. The molecule has 8 heteroatoms. The van der Waals surface area contributed by atoms with E-state index in [9.17, 15) is 19.7 Å². The molecule has 0 aliphatic carbocycles. The summed E-state index contributed by atoms with van der Waals surface area (Å²) in [6.45, 7) is -0.109. The van der Waals surface area contributed by atoms with Crippen molar-refractivity contribution in [2.75, 3.05) is 5.32 Å². The summed E-state index contributed by atoms with van der Waals surface area (Å²) in [5, 5.41) is 13.4. The second kappa shape index (κ2) is 7.43. The van der Waals surface area contributed by atoms with Crippen molar-refractivity contribution in [3.05, 3.63) is 93.4 Å². The van der Waals surface area contributed by atoms with Crippen LogP contribution in [0.4, 0.5) is 11.4 Å². The molecule has 29 heavy (non-hydrogen) atoms. The van der Waals surface area contributed by atoms with Crippen LogP contribution in [0.5, 0.6) is 0 Å². The highest BCUT2D eigenvalue weighted by Crippen LogP contribution is 2.32. The largest absolute Gasteiger partial charge is 0.458 e. The van der Waals surface area contributed by atoms with Crippen LogP contribution in [0.3, 0.4) is 0 Å². The molecule has 1 N–H and O–H groups in total. The van der Waals surface area contributed by atoms with Gasteiger partial charge in [-0.3, -0.25) is 14.9 Å². The van der Waals surface area contributed by atoms with Gasteiger partial charge < -0.3 is 14.5 Å². The van der Waals surface area contributed by atoms with E-state index in [1.165, 1.54) is 24.3 Å². The normalized spacial score (nSPS) is 13.8. The second-order valence-corrected chi connectivity index (χ2v) is 6.24. The van der Waals surface area contributed by atoms with Crippen molar-refractivity contribution >= 4 is 34.9 Å². The number of ether oxygens (including phenoxy) is 1. The molecule has 144 valence electrons. The lowest BCUT2D eigenvalue weighted by Crippen LogP contribution is -2.04. The number of anilines is 1. The Kier molecular flexibility index (Phi) is 4.66. The number of nitrogens with zero attached hydrogens (tertiary/aromatic N) is 1.